The number of benzene rings is 2. The molecule has 0 fully saturated rings. The molecule has 1 N–H and O–H groups in total. The maximum atomic E-state index is 13.9. The number of alkyl halides is 3. The summed E-state index contributed by atoms with van der Waals surface area (Å²) in [6.07, 6.45) is -4.74. The Morgan fingerprint density at radius 2 is 1.82 bits per heavy atom. The van der Waals surface area contributed by atoms with Crippen LogP contribution in [0.15, 0.2) is 36.4 Å². The molecule has 116 valence electrons. The summed E-state index contributed by atoms with van der Waals surface area (Å²) >= 11 is 0. The molecular weight excluding hydrogens is 304 g/mol. The average Bonchev–Trinajstić information content (AvgIpc) is 2.46. The summed E-state index contributed by atoms with van der Waals surface area (Å²) in [6, 6.07) is 5.74. The van der Waals surface area contributed by atoms with Gasteiger partial charge >= 0.3 is 12.1 Å². The van der Waals surface area contributed by atoms with Gasteiger partial charge in [-0.25, -0.2) is 9.18 Å². The molecule has 2 aromatic rings. The molecule has 0 radical (unpaired) electrons. The molecule has 2 rings (SSSR count). The van der Waals surface area contributed by atoms with Crippen LogP contribution in [-0.4, -0.2) is 18.2 Å². The van der Waals surface area contributed by atoms with Gasteiger partial charge in [0.2, 0.25) is 0 Å². The van der Waals surface area contributed by atoms with Crippen LogP contribution in [0, 0.1) is 5.82 Å². The summed E-state index contributed by atoms with van der Waals surface area (Å²) in [5, 5.41) is 8.93. The molecule has 0 aliphatic heterocycles. The molecule has 0 aromatic heterocycles. The summed E-state index contributed by atoms with van der Waals surface area (Å²) in [7, 11) is 1.33. The van der Waals surface area contributed by atoms with Gasteiger partial charge in [-0.15, -0.1) is 0 Å². The van der Waals surface area contributed by atoms with Crippen molar-refractivity contribution in [3.05, 3.63) is 53.3 Å². The number of carboxylic acids is 1. The molecule has 2 aromatic carbocycles. The van der Waals surface area contributed by atoms with E-state index in [-0.39, 0.29) is 16.9 Å². The molecule has 22 heavy (non-hydrogen) atoms. The summed E-state index contributed by atoms with van der Waals surface area (Å²) in [5.41, 5.74) is -2.10. The van der Waals surface area contributed by atoms with Crippen molar-refractivity contribution in [2.24, 2.45) is 0 Å². The number of methoxy groups -OCH3 is 1. The van der Waals surface area contributed by atoms with Crippen molar-refractivity contribution in [1.82, 2.24) is 0 Å². The molecule has 0 bridgehead atoms. The summed E-state index contributed by atoms with van der Waals surface area (Å²) in [6.45, 7) is 0. The highest BCUT2D eigenvalue weighted by atomic mass is 19.4. The van der Waals surface area contributed by atoms with E-state index in [1.54, 1.807) is 0 Å². The van der Waals surface area contributed by atoms with Gasteiger partial charge in [-0.05, 0) is 42.0 Å². The van der Waals surface area contributed by atoms with E-state index in [4.69, 9.17) is 9.84 Å². The Hall–Kier alpha value is -2.57. The molecule has 0 saturated heterocycles. The minimum atomic E-state index is -4.74. The normalized spacial score (nSPS) is 11.3. The SMILES string of the molecule is COc1ccc(F)c(-c2cc(C(=O)O)cc(C(F)(F)F)c2)c1. The van der Waals surface area contributed by atoms with Crippen molar-refractivity contribution in [2.75, 3.05) is 7.11 Å². The fourth-order valence-electron chi connectivity index (χ4n) is 1.92. The van der Waals surface area contributed by atoms with E-state index in [9.17, 15) is 22.4 Å². The molecule has 0 saturated carbocycles. The molecule has 0 aliphatic rings. The second kappa shape index (κ2) is 5.67. The summed E-state index contributed by atoms with van der Waals surface area (Å²) in [5.74, 6) is -2.07. The number of rotatable bonds is 3. The van der Waals surface area contributed by atoms with Crippen LogP contribution in [0.2, 0.25) is 0 Å². The third kappa shape index (κ3) is 3.19. The van der Waals surface area contributed by atoms with Crippen LogP contribution >= 0.6 is 0 Å². The largest absolute Gasteiger partial charge is 0.497 e. The fraction of sp³-hybridized carbons (Fsp3) is 0.133. The van der Waals surface area contributed by atoms with E-state index in [2.05, 4.69) is 0 Å². The van der Waals surface area contributed by atoms with Gasteiger partial charge in [-0.1, -0.05) is 0 Å². The van der Waals surface area contributed by atoms with Gasteiger partial charge in [-0.3, -0.25) is 0 Å². The Labute approximate surface area is 122 Å². The quantitative estimate of drug-likeness (QED) is 0.863. The smallest absolute Gasteiger partial charge is 0.416 e. The van der Waals surface area contributed by atoms with Crippen molar-refractivity contribution >= 4 is 5.97 Å². The first-order valence-corrected chi connectivity index (χ1v) is 6.02. The molecule has 7 heteroatoms. The van der Waals surface area contributed by atoms with E-state index < -0.39 is 29.1 Å². The number of carboxylic acid groups (broad SMARTS) is 1. The third-order valence-corrected chi connectivity index (χ3v) is 2.99. The fourth-order valence-corrected chi connectivity index (χ4v) is 1.92. The molecule has 0 unspecified atom stereocenters. The molecule has 0 heterocycles. The first-order chi connectivity index (χ1) is 10.2. The maximum Gasteiger partial charge on any atom is 0.416 e. The maximum absolute atomic E-state index is 13.9. The molecular formula is C15H10F4O3. The van der Waals surface area contributed by atoms with Crippen LogP contribution in [0.3, 0.4) is 0 Å². The lowest BCUT2D eigenvalue weighted by Gasteiger charge is -2.12. The van der Waals surface area contributed by atoms with Crippen LogP contribution in [0.4, 0.5) is 17.6 Å². The van der Waals surface area contributed by atoms with Crippen LogP contribution < -0.4 is 4.74 Å². The zero-order valence-electron chi connectivity index (χ0n) is 11.2. The Kier molecular flexibility index (Phi) is 4.07. The lowest BCUT2D eigenvalue weighted by Crippen LogP contribution is -2.08. The van der Waals surface area contributed by atoms with Gasteiger partial charge in [0.1, 0.15) is 11.6 Å². The Morgan fingerprint density at radius 1 is 1.14 bits per heavy atom. The lowest BCUT2D eigenvalue weighted by molar-refractivity contribution is -0.137. The first kappa shape index (κ1) is 15.8. The highest BCUT2D eigenvalue weighted by Gasteiger charge is 2.32. The predicted octanol–water partition coefficient (Wildman–Crippen LogP) is 4.22. The number of halogens is 4. The van der Waals surface area contributed by atoms with Gasteiger partial charge in [-0.2, -0.15) is 13.2 Å². The van der Waals surface area contributed by atoms with E-state index in [1.807, 2.05) is 0 Å². The molecule has 0 spiro atoms. The molecule has 0 aliphatic carbocycles. The average molecular weight is 314 g/mol. The highest BCUT2D eigenvalue weighted by molar-refractivity contribution is 5.90. The monoisotopic (exact) mass is 314 g/mol. The van der Waals surface area contributed by atoms with E-state index in [0.717, 1.165) is 12.1 Å². The Balaban J connectivity index is 2.69. The van der Waals surface area contributed by atoms with Gasteiger partial charge in [0.05, 0.1) is 18.2 Å². The van der Waals surface area contributed by atoms with Crippen LogP contribution in [0.1, 0.15) is 15.9 Å². The van der Waals surface area contributed by atoms with Crippen LogP contribution in [0.25, 0.3) is 11.1 Å². The minimum absolute atomic E-state index is 0.173. The molecule has 0 atom stereocenters. The van der Waals surface area contributed by atoms with E-state index in [1.165, 1.54) is 19.2 Å². The van der Waals surface area contributed by atoms with Crippen molar-refractivity contribution in [1.29, 1.82) is 0 Å². The van der Waals surface area contributed by atoms with Gasteiger partial charge in [0, 0.05) is 5.56 Å². The van der Waals surface area contributed by atoms with Gasteiger partial charge in [0.25, 0.3) is 0 Å². The zero-order valence-corrected chi connectivity index (χ0v) is 11.2. The summed E-state index contributed by atoms with van der Waals surface area (Å²) in [4.78, 5) is 11.0. The third-order valence-electron chi connectivity index (χ3n) is 2.99. The number of hydrogen-bond donors (Lipinski definition) is 1. The number of carbonyl (C=O) groups is 1. The number of aromatic carboxylic acids is 1. The molecule has 0 amide bonds. The lowest BCUT2D eigenvalue weighted by atomic mass is 9.99. The van der Waals surface area contributed by atoms with Crippen molar-refractivity contribution in [3.8, 4) is 16.9 Å². The number of hydrogen-bond acceptors (Lipinski definition) is 2. The molecule has 3 nitrogen and oxygen atoms in total. The van der Waals surface area contributed by atoms with Gasteiger partial charge in [0.15, 0.2) is 0 Å². The topological polar surface area (TPSA) is 46.5 Å². The standard InChI is InChI=1S/C15H10F4O3/c1-22-11-2-3-13(16)12(7-11)8-4-9(14(20)21)6-10(5-8)15(17,18)19/h2-7H,1H3,(H,20,21). The highest BCUT2D eigenvalue weighted by Crippen LogP contribution is 2.35. The zero-order chi connectivity index (χ0) is 16.5. The second-order valence-corrected chi connectivity index (χ2v) is 4.45. The van der Waals surface area contributed by atoms with Crippen LogP contribution in [-0.2, 0) is 6.18 Å². The summed E-state index contributed by atoms with van der Waals surface area (Å²) < 4.78 is 57.4. The van der Waals surface area contributed by atoms with Crippen LogP contribution in [0.5, 0.6) is 5.75 Å². The van der Waals surface area contributed by atoms with Gasteiger partial charge < -0.3 is 9.84 Å². The van der Waals surface area contributed by atoms with Crippen molar-refractivity contribution in [3.63, 3.8) is 0 Å². The van der Waals surface area contributed by atoms with Crippen molar-refractivity contribution in [2.45, 2.75) is 6.18 Å². The Morgan fingerprint density at radius 3 is 2.36 bits per heavy atom. The van der Waals surface area contributed by atoms with E-state index >= 15 is 0 Å². The van der Waals surface area contributed by atoms with Crippen molar-refractivity contribution < 1.29 is 32.2 Å². The predicted molar refractivity (Wildman–Crippen MR) is 70.3 cm³/mol. The van der Waals surface area contributed by atoms with E-state index in [0.29, 0.717) is 12.1 Å². The second-order valence-electron chi connectivity index (χ2n) is 4.45. The Bertz CT molecular complexity index is 723. The minimum Gasteiger partial charge on any atom is -0.497 e. The first-order valence-electron chi connectivity index (χ1n) is 6.02. The number of ether oxygens (including phenoxy) is 1.